The predicted molar refractivity (Wildman–Crippen MR) is 106 cm³/mol. The van der Waals surface area contributed by atoms with Gasteiger partial charge in [0.15, 0.2) is 5.13 Å². The highest BCUT2D eigenvalue weighted by Gasteiger charge is 2.11. The van der Waals surface area contributed by atoms with Crippen molar-refractivity contribution in [2.24, 2.45) is 0 Å². The van der Waals surface area contributed by atoms with Gasteiger partial charge in [0.1, 0.15) is 5.75 Å². The standard InChI is InChI=1S/C18H16BrN3O3S/c1-2-25-13-6-7-14-15(9-13)26-18(21-14)22-16(23)10-20-17(24)11-4-3-5-12(19)8-11/h3-9H,2,10H2,1H3,(H,20,24)(H,21,22,23). The fourth-order valence-electron chi connectivity index (χ4n) is 2.27. The van der Waals surface area contributed by atoms with E-state index in [-0.39, 0.29) is 18.4 Å². The normalized spacial score (nSPS) is 10.5. The molecule has 1 aromatic heterocycles. The molecule has 0 saturated carbocycles. The smallest absolute Gasteiger partial charge is 0.251 e. The summed E-state index contributed by atoms with van der Waals surface area (Å²) in [4.78, 5) is 28.5. The van der Waals surface area contributed by atoms with Gasteiger partial charge in [-0.2, -0.15) is 0 Å². The van der Waals surface area contributed by atoms with Crippen molar-refractivity contribution in [1.82, 2.24) is 10.3 Å². The number of nitrogens with zero attached hydrogens (tertiary/aromatic N) is 1. The topological polar surface area (TPSA) is 80.3 Å². The first-order valence-corrected chi connectivity index (χ1v) is 9.53. The summed E-state index contributed by atoms with van der Waals surface area (Å²) in [7, 11) is 0. The Kier molecular flexibility index (Phi) is 5.85. The van der Waals surface area contributed by atoms with E-state index in [9.17, 15) is 9.59 Å². The highest BCUT2D eigenvalue weighted by Crippen LogP contribution is 2.29. The van der Waals surface area contributed by atoms with Crippen molar-refractivity contribution in [1.29, 1.82) is 0 Å². The third-order valence-corrected chi connectivity index (χ3v) is 4.84. The Labute approximate surface area is 162 Å². The van der Waals surface area contributed by atoms with Crippen LogP contribution in [0.25, 0.3) is 10.2 Å². The summed E-state index contributed by atoms with van der Waals surface area (Å²) in [6, 6.07) is 12.5. The van der Waals surface area contributed by atoms with Crippen LogP contribution in [0, 0.1) is 0 Å². The fraction of sp³-hybridized carbons (Fsp3) is 0.167. The van der Waals surface area contributed by atoms with E-state index in [0.717, 1.165) is 20.4 Å². The van der Waals surface area contributed by atoms with E-state index in [2.05, 4.69) is 31.5 Å². The number of aromatic nitrogens is 1. The number of amides is 2. The van der Waals surface area contributed by atoms with Gasteiger partial charge in [0.25, 0.3) is 5.91 Å². The molecule has 2 aromatic carbocycles. The van der Waals surface area contributed by atoms with Crippen molar-refractivity contribution in [3.05, 3.63) is 52.5 Å². The molecule has 0 saturated heterocycles. The van der Waals surface area contributed by atoms with Crippen molar-refractivity contribution in [2.45, 2.75) is 6.92 Å². The molecular formula is C18H16BrN3O3S. The Balaban J connectivity index is 1.59. The van der Waals surface area contributed by atoms with Gasteiger partial charge in [0.2, 0.25) is 5.91 Å². The summed E-state index contributed by atoms with van der Waals surface area (Å²) in [6.07, 6.45) is 0. The van der Waals surface area contributed by atoms with Crippen LogP contribution in [0.4, 0.5) is 5.13 Å². The number of fused-ring (bicyclic) bond motifs is 1. The van der Waals surface area contributed by atoms with Gasteiger partial charge in [-0.05, 0) is 43.3 Å². The van der Waals surface area contributed by atoms with Crippen LogP contribution in [-0.4, -0.2) is 29.9 Å². The van der Waals surface area contributed by atoms with Crippen molar-refractivity contribution < 1.29 is 14.3 Å². The minimum absolute atomic E-state index is 0.133. The Morgan fingerprint density at radius 2 is 2.08 bits per heavy atom. The molecule has 0 bridgehead atoms. The minimum atomic E-state index is -0.336. The van der Waals surface area contributed by atoms with Gasteiger partial charge in [0.05, 0.1) is 23.4 Å². The number of thiazole rings is 1. The lowest BCUT2D eigenvalue weighted by Crippen LogP contribution is -2.32. The SMILES string of the molecule is CCOc1ccc2nc(NC(=O)CNC(=O)c3cccc(Br)c3)sc2c1. The lowest BCUT2D eigenvalue weighted by Gasteiger charge is -2.05. The van der Waals surface area contributed by atoms with Gasteiger partial charge >= 0.3 is 0 Å². The number of ether oxygens (including phenoxy) is 1. The summed E-state index contributed by atoms with van der Waals surface area (Å²) in [5.41, 5.74) is 1.27. The number of benzene rings is 2. The largest absolute Gasteiger partial charge is 0.494 e. The predicted octanol–water partition coefficient (Wildman–Crippen LogP) is 3.83. The molecule has 0 aliphatic rings. The molecule has 0 atom stereocenters. The molecule has 8 heteroatoms. The molecule has 26 heavy (non-hydrogen) atoms. The highest BCUT2D eigenvalue weighted by molar-refractivity contribution is 9.10. The van der Waals surface area contributed by atoms with Gasteiger partial charge in [-0.1, -0.05) is 33.3 Å². The Hall–Kier alpha value is -2.45. The molecule has 0 spiro atoms. The maximum absolute atomic E-state index is 12.1. The average Bonchev–Trinajstić information content (AvgIpc) is 3.01. The van der Waals surface area contributed by atoms with E-state index >= 15 is 0 Å². The van der Waals surface area contributed by atoms with Crippen LogP contribution < -0.4 is 15.4 Å². The van der Waals surface area contributed by atoms with Gasteiger partial charge in [-0.3, -0.25) is 9.59 Å². The van der Waals surface area contributed by atoms with Crippen molar-refractivity contribution in [3.8, 4) is 5.75 Å². The lowest BCUT2D eigenvalue weighted by molar-refractivity contribution is -0.115. The first-order chi connectivity index (χ1) is 12.5. The number of hydrogen-bond acceptors (Lipinski definition) is 5. The zero-order chi connectivity index (χ0) is 18.5. The number of hydrogen-bond donors (Lipinski definition) is 2. The van der Waals surface area contributed by atoms with Crippen LogP contribution in [0.5, 0.6) is 5.75 Å². The molecule has 3 aromatic rings. The van der Waals surface area contributed by atoms with Crippen LogP contribution in [0.15, 0.2) is 46.9 Å². The zero-order valence-corrected chi connectivity index (χ0v) is 16.3. The number of rotatable bonds is 6. The maximum atomic E-state index is 12.1. The van der Waals surface area contributed by atoms with Gasteiger partial charge in [-0.25, -0.2) is 4.98 Å². The molecule has 2 N–H and O–H groups in total. The number of halogens is 1. The highest BCUT2D eigenvalue weighted by atomic mass is 79.9. The second kappa shape index (κ2) is 8.29. The van der Waals surface area contributed by atoms with E-state index in [1.807, 2.05) is 31.2 Å². The number of carbonyl (C=O) groups is 2. The van der Waals surface area contributed by atoms with Crippen molar-refractivity contribution >= 4 is 54.4 Å². The molecule has 3 rings (SSSR count). The van der Waals surface area contributed by atoms with Crippen LogP contribution >= 0.6 is 27.3 Å². The lowest BCUT2D eigenvalue weighted by atomic mass is 10.2. The Bertz CT molecular complexity index is 958. The molecule has 0 fully saturated rings. The average molecular weight is 434 g/mol. The molecule has 2 amide bonds. The molecule has 0 unspecified atom stereocenters. The van der Waals surface area contributed by atoms with Crippen molar-refractivity contribution in [2.75, 3.05) is 18.5 Å². The first-order valence-electron chi connectivity index (χ1n) is 7.92. The maximum Gasteiger partial charge on any atom is 0.251 e. The van der Waals surface area contributed by atoms with Crippen LogP contribution in [0.1, 0.15) is 17.3 Å². The number of carbonyl (C=O) groups excluding carboxylic acids is 2. The molecule has 134 valence electrons. The number of nitrogens with one attached hydrogen (secondary N) is 2. The summed E-state index contributed by atoms with van der Waals surface area (Å²) in [6.45, 7) is 2.38. The molecule has 1 heterocycles. The molecule has 6 nitrogen and oxygen atoms in total. The minimum Gasteiger partial charge on any atom is -0.494 e. The Morgan fingerprint density at radius 1 is 1.23 bits per heavy atom. The molecule has 0 aliphatic heterocycles. The van der Waals surface area contributed by atoms with E-state index in [1.165, 1.54) is 11.3 Å². The molecular weight excluding hydrogens is 418 g/mol. The van der Waals surface area contributed by atoms with Crippen LogP contribution in [0.3, 0.4) is 0 Å². The third kappa shape index (κ3) is 4.59. The fourth-order valence-corrected chi connectivity index (χ4v) is 3.58. The van der Waals surface area contributed by atoms with E-state index < -0.39 is 0 Å². The van der Waals surface area contributed by atoms with Crippen LogP contribution in [-0.2, 0) is 4.79 Å². The zero-order valence-electron chi connectivity index (χ0n) is 13.9. The van der Waals surface area contributed by atoms with E-state index in [1.54, 1.807) is 18.2 Å². The summed E-state index contributed by atoms with van der Waals surface area (Å²) in [5.74, 6) is 0.118. The van der Waals surface area contributed by atoms with Crippen molar-refractivity contribution in [3.63, 3.8) is 0 Å². The number of anilines is 1. The Morgan fingerprint density at radius 3 is 2.85 bits per heavy atom. The van der Waals surface area contributed by atoms with E-state index in [0.29, 0.717) is 17.3 Å². The van der Waals surface area contributed by atoms with Gasteiger partial charge < -0.3 is 15.4 Å². The second-order valence-electron chi connectivity index (χ2n) is 5.32. The molecule has 0 radical (unpaired) electrons. The van der Waals surface area contributed by atoms with Gasteiger partial charge in [0, 0.05) is 10.0 Å². The monoisotopic (exact) mass is 433 g/mol. The quantitative estimate of drug-likeness (QED) is 0.618. The van der Waals surface area contributed by atoms with E-state index in [4.69, 9.17) is 4.74 Å². The second-order valence-corrected chi connectivity index (χ2v) is 7.27. The summed E-state index contributed by atoms with van der Waals surface area (Å²) < 4.78 is 7.18. The first kappa shape index (κ1) is 18.3. The van der Waals surface area contributed by atoms with Crippen LogP contribution in [0.2, 0.25) is 0 Å². The summed E-state index contributed by atoms with van der Waals surface area (Å²) in [5, 5.41) is 5.78. The molecule has 0 aliphatic carbocycles. The summed E-state index contributed by atoms with van der Waals surface area (Å²) >= 11 is 4.67. The third-order valence-electron chi connectivity index (χ3n) is 3.41. The van der Waals surface area contributed by atoms with Gasteiger partial charge in [-0.15, -0.1) is 0 Å².